The lowest BCUT2D eigenvalue weighted by molar-refractivity contribution is -0.135. The smallest absolute Gasteiger partial charge is 0.389 e. The van der Waals surface area contributed by atoms with Crippen molar-refractivity contribution in [2.45, 2.75) is 43.7 Å². The van der Waals surface area contributed by atoms with Gasteiger partial charge in [-0.25, -0.2) is 17.5 Å². The van der Waals surface area contributed by atoms with Gasteiger partial charge < -0.3 is 10.0 Å². The lowest BCUT2D eigenvalue weighted by Crippen LogP contribution is -2.29. The van der Waals surface area contributed by atoms with Crippen LogP contribution in [0, 0.1) is 0 Å². The molecule has 0 atom stereocenters. The Balaban J connectivity index is 2.85. The van der Waals surface area contributed by atoms with Crippen LogP contribution in [0.25, 0.3) is 11.1 Å². The number of benzene rings is 2. The molecule has 0 amide bonds. The normalized spacial score (nSPS) is 12.2. The quantitative estimate of drug-likeness (QED) is 0.399. The molecule has 0 unspecified atom stereocenters. The molecule has 0 saturated carbocycles. The Labute approximate surface area is 203 Å². The van der Waals surface area contributed by atoms with Crippen molar-refractivity contribution in [3.8, 4) is 11.1 Å². The van der Waals surface area contributed by atoms with Crippen LogP contribution in [0.15, 0.2) is 41.3 Å². The predicted octanol–water partition coefficient (Wildman–Crippen LogP) is 5.90. The van der Waals surface area contributed by atoms with E-state index in [1.165, 1.54) is 20.2 Å². The van der Waals surface area contributed by atoms with Gasteiger partial charge in [-0.2, -0.15) is 13.2 Å². The number of aromatic carboxylic acids is 1. The van der Waals surface area contributed by atoms with E-state index in [1.807, 2.05) is 6.92 Å². The van der Waals surface area contributed by atoms with E-state index in [1.54, 1.807) is 29.2 Å². The predicted molar refractivity (Wildman–Crippen MR) is 127 cm³/mol. The van der Waals surface area contributed by atoms with E-state index in [0.29, 0.717) is 23.6 Å². The van der Waals surface area contributed by atoms with Crippen molar-refractivity contribution in [2.75, 3.05) is 32.1 Å². The fourth-order valence-electron chi connectivity index (χ4n) is 3.48. The van der Waals surface area contributed by atoms with Gasteiger partial charge in [0.2, 0.25) is 10.0 Å². The summed E-state index contributed by atoms with van der Waals surface area (Å²) >= 11 is 6.16. The molecule has 188 valence electrons. The van der Waals surface area contributed by atoms with Crippen molar-refractivity contribution in [2.24, 2.45) is 0 Å². The highest BCUT2D eigenvalue weighted by Gasteiger charge is 2.30. The Kier molecular flexibility index (Phi) is 9.38. The van der Waals surface area contributed by atoms with Gasteiger partial charge in [-0.1, -0.05) is 37.1 Å². The van der Waals surface area contributed by atoms with Gasteiger partial charge in [0.05, 0.1) is 10.5 Å². The summed E-state index contributed by atoms with van der Waals surface area (Å²) in [6, 6.07) is 8.80. The molecule has 0 heterocycles. The second-order valence-electron chi connectivity index (χ2n) is 8.03. The van der Waals surface area contributed by atoms with E-state index in [-0.39, 0.29) is 34.7 Å². The van der Waals surface area contributed by atoms with Crippen LogP contribution < -0.4 is 4.90 Å². The van der Waals surface area contributed by atoms with Crippen LogP contribution in [-0.2, 0) is 10.0 Å². The number of unbranched alkanes of at least 4 members (excludes halogenated alkanes) is 1. The highest BCUT2D eigenvalue weighted by molar-refractivity contribution is 7.89. The van der Waals surface area contributed by atoms with Gasteiger partial charge in [-0.3, -0.25) is 0 Å². The summed E-state index contributed by atoms with van der Waals surface area (Å²) in [6.45, 7) is 2.21. The topological polar surface area (TPSA) is 77.9 Å². The number of halogens is 4. The second kappa shape index (κ2) is 11.4. The molecule has 0 aliphatic carbocycles. The number of alkyl halides is 3. The summed E-state index contributed by atoms with van der Waals surface area (Å²) in [5.74, 6) is -1.35. The summed E-state index contributed by atoms with van der Waals surface area (Å²) in [6.07, 6.45) is -4.22. The molecule has 11 heteroatoms. The van der Waals surface area contributed by atoms with Gasteiger partial charge in [0.25, 0.3) is 0 Å². The van der Waals surface area contributed by atoms with Crippen molar-refractivity contribution in [1.29, 1.82) is 0 Å². The average molecular weight is 521 g/mol. The number of nitrogens with zero attached hydrogens (tertiary/aromatic N) is 2. The lowest BCUT2D eigenvalue weighted by atomic mass is 9.99. The Bertz CT molecular complexity index is 1120. The fourth-order valence-corrected chi connectivity index (χ4v) is 4.82. The third-order valence-electron chi connectivity index (χ3n) is 5.21. The number of rotatable bonds is 11. The van der Waals surface area contributed by atoms with Crippen molar-refractivity contribution in [1.82, 2.24) is 4.31 Å². The van der Waals surface area contributed by atoms with Gasteiger partial charge in [-0.05, 0) is 42.7 Å². The van der Waals surface area contributed by atoms with Crippen LogP contribution >= 0.6 is 11.6 Å². The lowest BCUT2D eigenvalue weighted by Gasteiger charge is -2.30. The Morgan fingerprint density at radius 1 is 1.09 bits per heavy atom. The van der Waals surface area contributed by atoms with Crippen molar-refractivity contribution in [3.05, 3.63) is 47.0 Å². The largest absolute Gasteiger partial charge is 0.478 e. The zero-order chi connectivity index (χ0) is 25.7. The van der Waals surface area contributed by atoms with Crippen LogP contribution in [0.4, 0.5) is 18.9 Å². The zero-order valence-corrected chi connectivity index (χ0v) is 20.8. The molecule has 2 aromatic rings. The Hall–Kier alpha value is -2.30. The van der Waals surface area contributed by atoms with Crippen LogP contribution in [-0.4, -0.2) is 57.2 Å². The average Bonchev–Trinajstić information content (AvgIpc) is 2.74. The van der Waals surface area contributed by atoms with Gasteiger partial charge in [0.15, 0.2) is 0 Å². The van der Waals surface area contributed by atoms with Crippen LogP contribution in [0.3, 0.4) is 0 Å². The number of carbonyl (C=O) groups is 1. The first-order chi connectivity index (χ1) is 15.8. The molecule has 0 spiro atoms. The number of hydrogen-bond acceptors (Lipinski definition) is 4. The molecular weight excluding hydrogens is 493 g/mol. The molecule has 0 fully saturated rings. The molecule has 0 saturated heterocycles. The van der Waals surface area contributed by atoms with E-state index in [9.17, 15) is 31.5 Å². The molecule has 0 aromatic heterocycles. The van der Waals surface area contributed by atoms with Crippen molar-refractivity contribution in [3.63, 3.8) is 0 Å². The number of hydrogen-bond donors (Lipinski definition) is 1. The standard InChI is InChI=1S/C23H28ClF3N2O4S/c1-4-5-11-29(12-7-10-23(25,26)27)19-14-17(22(30)31)15-20(34(32,33)28(2)3)21(19)16-8-6-9-18(24)13-16/h6,8-9,13-15H,4-5,7,10-12H2,1-3H3,(H,30,31). The van der Waals surface area contributed by atoms with Crippen molar-refractivity contribution >= 4 is 33.3 Å². The zero-order valence-electron chi connectivity index (χ0n) is 19.2. The minimum atomic E-state index is -4.34. The summed E-state index contributed by atoms with van der Waals surface area (Å²) in [5.41, 5.74) is 0.568. The maximum Gasteiger partial charge on any atom is 0.389 e. The van der Waals surface area contributed by atoms with E-state index in [2.05, 4.69) is 0 Å². The number of anilines is 1. The fraction of sp³-hybridized carbons (Fsp3) is 0.435. The minimum absolute atomic E-state index is 0.0302. The number of carboxylic acid groups (broad SMARTS) is 1. The van der Waals surface area contributed by atoms with E-state index >= 15 is 0 Å². The molecule has 0 radical (unpaired) electrons. The molecule has 1 N–H and O–H groups in total. The molecule has 34 heavy (non-hydrogen) atoms. The third kappa shape index (κ3) is 7.10. The first-order valence-electron chi connectivity index (χ1n) is 10.7. The van der Waals surface area contributed by atoms with E-state index in [4.69, 9.17) is 11.6 Å². The molecule has 0 aliphatic heterocycles. The highest BCUT2D eigenvalue weighted by atomic mass is 35.5. The van der Waals surface area contributed by atoms with Crippen LogP contribution in [0.5, 0.6) is 0 Å². The SMILES string of the molecule is CCCCN(CCCC(F)(F)F)c1cc(C(=O)O)cc(S(=O)(=O)N(C)C)c1-c1cccc(Cl)c1. The molecule has 0 aliphatic rings. The van der Waals surface area contributed by atoms with Gasteiger partial charge >= 0.3 is 12.1 Å². The van der Waals surface area contributed by atoms with Gasteiger partial charge in [-0.15, -0.1) is 0 Å². The molecule has 6 nitrogen and oxygen atoms in total. The summed E-state index contributed by atoms with van der Waals surface area (Å²) in [5, 5.41) is 10.0. The first-order valence-corrected chi connectivity index (χ1v) is 12.5. The second-order valence-corrected chi connectivity index (χ2v) is 10.6. The van der Waals surface area contributed by atoms with Crippen LogP contribution in [0.1, 0.15) is 43.0 Å². The van der Waals surface area contributed by atoms with Crippen molar-refractivity contribution < 1.29 is 31.5 Å². The van der Waals surface area contributed by atoms with E-state index < -0.39 is 28.6 Å². The maximum absolute atomic E-state index is 13.3. The Morgan fingerprint density at radius 2 is 1.74 bits per heavy atom. The summed E-state index contributed by atoms with van der Waals surface area (Å²) in [4.78, 5) is 13.3. The first kappa shape index (κ1) is 27.9. The third-order valence-corrected chi connectivity index (χ3v) is 7.29. The van der Waals surface area contributed by atoms with Gasteiger partial charge in [0, 0.05) is 49.9 Å². The highest BCUT2D eigenvalue weighted by Crippen LogP contribution is 2.40. The van der Waals surface area contributed by atoms with Gasteiger partial charge in [0.1, 0.15) is 0 Å². The summed E-state index contributed by atoms with van der Waals surface area (Å²) in [7, 11) is -1.48. The number of carboxylic acids is 1. The molecule has 0 bridgehead atoms. The Morgan fingerprint density at radius 3 is 2.26 bits per heavy atom. The number of sulfonamides is 1. The maximum atomic E-state index is 13.3. The van der Waals surface area contributed by atoms with Crippen LogP contribution in [0.2, 0.25) is 5.02 Å². The summed E-state index contributed by atoms with van der Waals surface area (Å²) < 4.78 is 66.0. The monoisotopic (exact) mass is 520 g/mol. The van der Waals surface area contributed by atoms with E-state index in [0.717, 1.165) is 16.8 Å². The minimum Gasteiger partial charge on any atom is -0.478 e. The molecule has 2 aromatic carbocycles. The molecule has 2 rings (SSSR count). The molecular formula is C23H28ClF3N2O4S.